The molecule has 1 unspecified atom stereocenters. The third kappa shape index (κ3) is 3.19. The Morgan fingerprint density at radius 1 is 1.45 bits per heavy atom. The molecule has 0 aliphatic rings. The third-order valence-corrected chi connectivity index (χ3v) is 3.71. The first-order valence-corrected chi connectivity index (χ1v) is 7.84. The smallest absolute Gasteiger partial charge is 0.185 e. The number of aromatic nitrogens is 4. The van der Waals surface area contributed by atoms with E-state index in [-0.39, 0.29) is 11.4 Å². The van der Waals surface area contributed by atoms with E-state index >= 15 is 0 Å². The summed E-state index contributed by atoms with van der Waals surface area (Å²) in [7, 11) is -0.866. The minimum absolute atomic E-state index is 0.283. The molecule has 2 aromatic rings. The summed E-state index contributed by atoms with van der Waals surface area (Å²) >= 11 is 0. The van der Waals surface area contributed by atoms with E-state index in [1.165, 1.54) is 10.7 Å². The number of anilines is 1. The zero-order valence-corrected chi connectivity index (χ0v) is 12.2. The average Bonchev–Trinajstić information content (AvgIpc) is 2.81. The lowest BCUT2D eigenvalue weighted by Crippen LogP contribution is -2.07. The van der Waals surface area contributed by atoms with E-state index in [4.69, 9.17) is 5.73 Å². The van der Waals surface area contributed by atoms with Crippen molar-refractivity contribution in [2.75, 3.05) is 17.7 Å². The second kappa shape index (κ2) is 6.08. The molecule has 2 rings (SSSR count). The number of nitrogens with zero attached hydrogens (tertiary/aromatic N) is 4. The molecule has 108 valence electrons. The summed E-state index contributed by atoms with van der Waals surface area (Å²) in [6.07, 6.45) is 2.30. The Labute approximate surface area is 118 Å². The lowest BCUT2D eigenvalue weighted by atomic mass is 10.1. The molecule has 1 aromatic heterocycles. The Hall–Kier alpha value is -1.83. The van der Waals surface area contributed by atoms with Crippen molar-refractivity contribution in [1.82, 2.24) is 20.2 Å². The number of benzene rings is 1. The van der Waals surface area contributed by atoms with Crippen LogP contribution < -0.4 is 5.73 Å². The molecule has 0 amide bonds. The normalized spacial score (nSPS) is 12.6. The van der Waals surface area contributed by atoms with E-state index in [9.17, 15) is 8.60 Å². The molecule has 6 nitrogen and oxygen atoms in total. The molecule has 1 heterocycles. The van der Waals surface area contributed by atoms with Crippen LogP contribution in [0.5, 0.6) is 0 Å². The summed E-state index contributed by atoms with van der Waals surface area (Å²) in [4.78, 5) is 0. The van der Waals surface area contributed by atoms with Crippen molar-refractivity contribution >= 4 is 16.5 Å². The summed E-state index contributed by atoms with van der Waals surface area (Å²) in [5, 5.41) is 11.3. The van der Waals surface area contributed by atoms with Crippen molar-refractivity contribution in [3.63, 3.8) is 0 Å². The summed E-state index contributed by atoms with van der Waals surface area (Å²) in [6.45, 7) is 2.12. The van der Waals surface area contributed by atoms with E-state index in [2.05, 4.69) is 15.5 Å². The van der Waals surface area contributed by atoms with Crippen molar-refractivity contribution in [3.05, 3.63) is 23.5 Å². The maximum Gasteiger partial charge on any atom is 0.185 e. The van der Waals surface area contributed by atoms with Crippen LogP contribution in [0.1, 0.15) is 12.0 Å². The van der Waals surface area contributed by atoms with Gasteiger partial charge in [-0.15, -0.1) is 5.10 Å². The number of aryl methyl sites for hydroxylation is 2. The van der Waals surface area contributed by atoms with Gasteiger partial charge in [0.25, 0.3) is 0 Å². The maximum absolute atomic E-state index is 14.2. The van der Waals surface area contributed by atoms with Crippen LogP contribution in [0.4, 0.5) is 10.1 Å². The first-order chi connectivity index (χ1) is 9.49. The number of tetrazole rings is 1. The molecular formula is C12H16FN5OS. The van der Waals surface area contributed by atoms with Crippen molar-refractivity contribution in [3.8, 4) is 11.4 Å². The van der Waals surface area contributed by atoms with Gasteiger partial charge in [0.1, 0.15) is 5.82 Å². The number of rotatable bonds is 5. The molecule has 0 bridgehead atoms. The highest BCUT2D eigenvalue weighted by atomic mass is 32.2. The number of hydrogen-bond donors (Lipinski definition) is 1. The van der Waals surface area contributed by atoms with Gasteiger partial charge in [0.15, 0.2) is 5.82 Å². The predicted octanol–water partition coefficient (Wildman–Crippen LogP) is 1.14. The van der Waals surface area contributed by atoms with Gasteiger partial charge in [0, 0.05) is 35.0 Å². The quantitative estimate of drug-likeness (QED) is 0.836. The van der Waals surface area contributed by atoms with Crippen LogP contribution in [-0.2, 0) is 17.3 Å². The predicted molar refractivity (Wildman–Crippen MR) is 75.9 cm³/mol. The summed E-state index contributed by atoms with van der Waals surface area (Å²) in [5.74, 6) is 0.506. The molecule has 0 fully saturated rings. The Morgan fingerprint density at radius 2 is 2.20 bits per heavy atom. The largest absolute Gasteiger partial charge is 0.399 e. The van der Waals surface area contributed by atoms with Crippen LogP contribution in [0.15, 0.2) is 12.1 Å². The van der Waals surface area contributed by atoms with Crippen molar-refractivity contribution in [2.45, 2.75) is 19.9 Å². The van der Waals surface area contributed by atoms with E-state index in [0.717, 1.165) is 0 Å². The SMILES string of the molecule is Cc1cc(N)cc(-c2nnnn2CCCS(C)=O)c1F. The molecule has 0 radical (unpaired) electrons. The molecule has 0 aliphatic heterocycles. The average molecular weight is 297 g/mol. The first-order valence-electron chi connectivity index (χ1n) is 6.11. The highest BCUT2D eigenvalue weighted by molar-refractivity contribution is 7.84. The fourth-order valence-corrected chi connectivity index (χ4v) is 2.46. The second-order valence-electron chi connectivity index (χ2n) is 4.56. The van der Waals surface area contributed by atoms with E-state index in [0.29, 0.717) is 35.8 Å². The molecule has 20 heavy (non-hydrogen) atoms. The number of nitrogen functional groups attached to an aromatic ring is 1. The molecule has 0 spiro atoms. The van der Waals surface area contributed by atoms with Gasteiger partial charge in [-0.2, -0.15) is 0 Å². The Morgan fingerprint density at radius 3 is 2.90 bits per heavy atom. The van der Waals surface area contributed by atoms with Gasteiger partial charge >= 0.3 is 0 Å². The monoisotopic (exact) mass is 297 g/mol. The Kier molecular flexibility index (Phi) is 4.43. The molecule has 1 aromatic carbocycles. The highest BCUT2D eigenvalue weighted by Crippen LogP contribution is 2.25. The van der Waals surface area contributed by atoms with Gasteiger partial charge in [-0.1, -0.05) is 0 Å². The van der Waals surface area contributed by atoms with Gasteiger partial charge in [-0.05, 0) is 41.5 Å². The molecule has 8 heteroatoms. The standard InChI is InChI=1S/C12H16FN5OS/c1-8-6-9(14)7-10(11(8)13)12-15-16-17-18(12)4-3-5-20(2)19/h6-7H,3-5,14H2,1-2H3. The Balaban J connectivity index is 2.30. The molecule has 1 atom stereocenters. The van der Waals surface area contributed by atoms with Crippen LogP contribution in [0, 0.1) is 12.7 Å². The minimum atomic E-state index is -0.866. The summed E-state index contributed by atoms with van der Waals surface area (Å²) in [6, 6.07) is 3.08. The van der Waals surface area contributed by atoms with Gasteiger partial charge in [-0.3, -0.25) is 4.21 Å². The number of hydrogen-bond acceptors (Lipinski definition) is 5. The molecule has 0 saturated carbocycles. The maximum atomic E-state index is 14.2. The van der Waals surface area contributed by atoms with Gasteiger partial charge < -0.3 is 5.73 Å². The van der Waals surface area contributed by atoms with Gasteiger partial charge in [-0.25, -0.2) is 9.07 Å². The van der Waals surface area contributed by atoms with Crippen LogP contribution in [0.25, 0.3) is 11.4 Å². The zero-order chi connectivity index (χ0) is 14.7. The molecule has 0 saturated heterocycles. The fourth-order valence-electron chi connectivity index (χ4n) is 1.93. The topological polar surface area (TPSA) is 86.7 Å². The Bertz CT molecular complexity index is 643. The molecule has 0 aliphatic carbocycles. The summed E-state index contributed by atoms with van der Waals surface area (Å²) in [5.41, 5.74) is 6.93. The van der Waals surface area contributed by atoms with Crippen LogP contribution >= 0.6 is 0 Å². The second-order valence-corrected chi connectivity index (χ2v) is 6.11. The number of nitrogens with two attached hydrogens (primary N) is 1. The van der Waals surface area contributed by atoms with Crippen molar-refractivity contribution < 1.29 is 8.60 Å². The van der Waals surface area contributed by atoms with Crippen molar-refractivity contribution in [1.29, 1.82) is 0 Å². The zero-order valence-electron chi connectivity index (χ0n) is 11.3. The molecule has 2 N–H and O–H groups in total. The third-order valence-electron chi connectivity index (χ3n) is 2.85. The van der Waals surface area contributed by atoms with E-state index < -0.39 is 10.8 Å². The van der Waals surface area contributed by atoms with Crippen LogP contribution in [0.2, 0.25) is 0 Å². The van der Waals surface area contributed by atoms with Crippen LogP contribution in [-0.4, -0.2) is 36.4 Å². The van der Waals surface area contributed by atoms with Crippen LogP contribution in [0.3, 0.4) is 0 Å². The van der Waals surface area contributed by atoms with E-state index in [1.807, 2.05) is 0 Å². The van der Waals surface area contributed by atoms with E-state index in [1.54, 1.807) is 19.2 Å². The molecular weight excluding hydrogens is 281 g/mol. The minimum Gasteiger partial charge on any atom is -0.399 e. The lowest BCUT2D eigenvalue weighted by molar-refractivity contribution is 0.577. The fraction of sp³-hybridized carbons (Fsp3) is 0.417. The summed E-state index contributed by atoms with van der Waals surface area (Å²) < 4.78 is 26.7. The number of halogens is 1. The lowest BCUT2D eigenvalue weighted by Gasteiger charge is -2.08. The van der Waals surface area contributed by atoms with Crippen molar-refractivity contribution in [2.24, 2.45) is 0 Å². The first kappa shape index (κ1) is 14.6. The highest BCUT2D eigenvalue weighted by Gasteiger charge is 2.16. The van der Waals surface area contributed by atoms with Gasteiger partial charge in [0.2, 0.25) is 0 Å². The van der Waals surface area contributed by atoms with Gasteiger partial charge in [0.05, 0.1) is 5.56 Å².